The summed E-state index contributed by atoms with van der Waals surface area (Å²) in [5.74, 6) is 0. The van der Waals surface area contributed by atoms with Gasteiger partial charge in [0.05, 0.1) is 4.90 Å². The number of nitrogens with one attached hydrogen (secondary N) is 1. The molecular formula is C10H16N2O2S. The number of primary sulfonamides is 1. The predicted octanol–water partition coefficient (Wildman–Crippen LogP) is 0.404. The van der Waals surface area contributed by atoms with Gasteiger partial charge in [-0.25, -0.2) is 13.6 Å². The zero-order valence-corrected chi connectivity index (χ0v) is 9.76. The summed E-state index contributed by atoms with van der Waals surface area (Å²) in [5, 5.41) is 8.08. The molecule has 5 heteroatoms. The van der Waals surface area contributed by atoms with Crippen LogP contribution < -0.4 is 10.5 Å². The van der Waals surface area contributed by atoms with Gasteiger partial charge in [0.15, 0.2) is 0 Å². The summed E-state index contributed by atoms with van der Waals surface area (Å²) in [6, 6.07) is 4.97. The second kappa shape index (κ2) is 4.74. The maximum absolute atomic E-state index is 11.1. The van der Waals surface area contributed by atoms with E-state index in [0.29, 0.717) is 0 Å². The van der Waals surface area contributed by atoms with Crippen molar-refractivity contribution in [3.8, 4) is 0 Å². The zero-order valence-electron chi connectivity index (χ0n) is 8.95. The molecule has 1 aromatic carbocycles. The average Bonchev–Trinajstić information content (AvgIpc) is 2.14. The lowest BCUT2D eigenvalue weighted by molar-refractivity contribution is 0.597. The van der Waals surface area contributed by atoms with Crippen molar-refractivity contribution < 1.29 is 8.42 Å². The summed E-state index contributed by atoms with van der Waals surface area (Å²) in [7, 11) is -1.70. The lowest BCUT2D eigenvalue weighted by atomic mass is 10.1. The molecule has 4 nitrogen and oxygen atoms in total. The molecule has 0 aliphatic carbocycles. The fourth-order valence-corrected chi connectivity index (χ4v) is 1.98. The highest BCUT2D eigenvalue weighted by atomic mass is 32.2. The van der Waals surface area contributed by atoms with Gasteiger partial charge in [-0.2, -0.15) is 0 Å². The fourth-order valence-electron chi connectivity index (χ4n) is 1.39. The monoisotopic (exact) mass is 228 g/mol. The highest BCUT2D eigenvalue weighted by molar-refractivity contribution is 7.89. The molecule has 3 N–H and O–H groups in total. The second-order valence-electron chi connectivity index (χ2n) is 3.49. The summed E-state index contributed by atoms with van der Waals surface area (Å²) in [6.45, 7) is 2.76. The molecule has 0 fully saturated rings. The van der Waals surface area contributed by atoms with Crippen LogP contribution >= 0.6 is 0 Å². The Kier molecular flexibility index (Phi) is 3.84. The lowest BCUT2D eigenvalue weighted by Crippen LogP contribution is -2.14. The zero-order chi connectivity index (χ0) is 11.5. The van der Waals surface area contributed by atoms with Gasteiger partial charge in [0.2, 0.25) is 10.0 Å². The van der Waals surface area contributed by atoms with Crippen molar-refractivity contribution in [2.24, 2.45) is 5.14 Å². The Balaban J connectivity index is 2.99. The van der Waals surface area contributed by atoms with Crippen LogP contribution in [0.3, 0.4) is 0 Å². The first-order valence-corrected chi connectivity index (χ1v) is 6.26. The van der Waals surface area contributed by atoms with Gasteiger partial charge in [-0.3, -0.25) is 0 Å². The Morgan fingerprint density at radius 1 is 1.40 bits per heavy atom. The van der Waals surface area contributed by atoms with E-state index < -0.39 is 10.0 Å². The fraction of sp³-hybridized carbons (Fsp3) is 0.400. The van der Waals surface area contributed by atoms with Gasteiger partial charge in [0.1, 0.15) is 0 Å². The van der Waals surface area contributed by atoms with Crippen molar-refractivity contribution in [2.75, 3.05) is 13.6 Å². The molecule has 84 valence electrons. The van der Waals surface area contributed by atoms with E-state index in [1.54, 1.807) is 12.1 Å². The molecule has 1 rings (SSSR count). The van der Waals surface area contributed by atoms with E-state index in [9.17, 15) is 8.42 Å². The number of aryl methyl sites for hydroxylation is 1. The normalized spacial score (nSPS) is 11.7. The molecule has 0 spiro atoms. The van der Waals surface area contributed by atoms with E-state index >= 15 is 0 Å². The van der Waals surface area contributed by atoms with E-state index in [2.05, 4.69) is 5.32 Å². The minimum atomic E-state index is -3.58. The third-order valence-electron chi connectivity index (χ3n) is 2.29. The van der Waals surface area contributed by atoms with Crippen LogP contribution in [0.1, 0.15) is 11.1 Å². The molecular weight excluding hydrogens is 212 g/mol. The second-order valence-corrected chi connectivity index (χ2v) is 5.05. The molecule has 0 heterocycles. The Bertz CT molecular complexity index is 441. The SMILES string of the molecule is CNCCc1ccc(S(N)(=O)=O)cc1C. The van der Waals surface area contributed by atoms with Gasteiger partial charge < -0.3 is 5.32 Å². The molecule has 15 heavy (non-hydrogen) atoms. The van der Waals surface area contributed by atoms with E-state index in [0.717, 1.165) is 24.1 Å². The van der Waals surface area contributed by atoms with Gasteiger partial charge >= 0.3 is 0 Å². The third kappa shape index (κ3) is 3.30. The van der Waals surface area contributed by atoms with Crippen molar-refractivity contribution in [3.63, 3.8) is 0 Å². The number of hydrogen-bond donors (Lipinski definition) is 2. The highest BCUT2D eigenvalue weighted by Crippen LogP contribution is 2.14. The molecule has 0 bridgehead atoms. The highest BCUT2D eigenvalue weighted by Gasteiger charge is 2.08. The molecule has 0 aromatic heterocycles. The van der Waals surface area contributed by atoms with E-state index in [4.69, 9.17) is 5.14 Å². The topological polar surface area (TPSA) is 72.2 Å². The van der Waals surface area contributed by atoms with Crippen molar-refractivity contribution >= 4 is 10.0 Å². The smallest absolute Gasteiger partial charge is 0.238 e. The molecule has 0 aliphatic rings. The standard InChI is InChI=1S/C10H16N2O2S/c1-8-7-10(15(11,13)14)4-3-9(8)5-6-12-2/h3-4,7,12H,5-6H2,1-2H3,(H2,11,13,14). The summed E-state index contributed by atoms with van der Waals surface area (Å²) in [4.78, 5) is 0.174. The summed E-state index contributed by atoms with van der Waals surface area (Å²) in [5.41, 5.74) is 2.09. The minimum Gasteiger partial charge on any atom is -0.319 e. The van der Waals surface area contributed by atoms with Crippen molar-refractivity contribution in [1.82, 2.24) is 5.32 Å². The minimum absolute atomic E-state index is 0.174. The van der Waals surface area contributed by atoms with Gasteiger partial charge in [0, 0.05) is 0 Å². The van der Waals surface area contributed by atoms with Crippen molar-refractivity contribution in [1.29, 1.82) is 0 Å². The number of benzene rings is 1. The summed E-state index contributed by atoms with van der Waals surface area (Å²) >= 11 is 0. The molecule has 0 unspecified atom stereocenters. The van der Waals surface area contributed by atoms with Gasteiger partial charge in [-0.15, -0.1) is 0 Å². The molecule has 0 atom stereocenters. The van der Waals surface area contributed by atoms with Crippen LogP contribution in [0, 0.1) is 6.92 Å². The first-order valence-electron chi connectivity index (χ1n) is 4.72. The van der Waals surface area contributed by atoms with Gasteiger partial charge in [0.25, 0.3) is 0 Å². The third-order valence-corrected chi connectivity index (χ3v) is 3.20. The number of hydrogen-bond acceptors (Lipinski definition) is 3. The maximum atomic E-state index is 11.1. The Morgan fingerprint density at radius 3 is 2.53 bits per heavy atom. The quantitative estimate of drug-likeness (QED) is 0.783. The van der Waals surface area contributed by atoms with Crippen LogP contribution in [0.5, 0.6) is 0 Å². The molecule has 0 aliphatic heterocycles. The molecule has 0 radical (unpaired) electrons. The largest absolute Gasteiger partial charge is 0.319 e. The number of rotatable bonds is 4. The molecule has 0 saturated heterocycles. The van der Waals surface area contributed by atoms with Crippen molar-refractivity contribution in [3.05, 3.63) is 29.3 Å². The lowest BCUT2D eigenvalue weighted by Gasteiger charge is -2.07. The van der Waals surface area contributed by atoms with Gasteiger partial charge in [-0.1, -0.05) is 6.07 Å². The van der Waals surface area contributed by atoms with Crippen LogP contribution in [-0.4, -0.2) is 22.0 Å². The number of likely N-dealkylation sites (N-methyl/N-ethyl adjacent to an activating group) is 1. The van der Waals surface area contributed by atoms with Crippen LogP contribution in [0.25, 0.3) is 0 Å². The van der Waals surface area contributed by atoms with E-state index in [-0.39, 0.29) is 4.90 Å². The van der Waals surface area contributed by atoms with Crippen molar-refractivity contribution in [2.45, 2.75) is 18.2 Å². The average molecular weight is 228 g/mol. The Labute approximate surface area is 90.5 Å². The number of sulfonamides is 1. The summed E-state index contributed by atoms with van der Waals surface area (Å²) < 4.78 is 22.2. The van der Waals surface area contributed by atoms with Crippen LogP contribution in [0.4, 0.5) is 0 Å². The van der Waals surface area contributed by atoms with Crippen LogP contribution in [0.2, 0.25) is 0 Å². The Morgan fingerprint density at radius 2 is 2.07 bits per heavy atom. The Hall–Kier alpha value is -0.910. The molecule has 0 amide bonds. The number of nitrogens with two attached hydrogens (primary N) is 1. The molecule has 0 saturated carbocycles. The maximum Gasteiger partial charge on any atom is 0.238 e. The first kappa shape index (κ1) is 12.2. The van der Waals surface area contributed by atoms with Crippen LogP contribution in [0.15, 0.2) is 23.1 Å². The van der Waals surface area contributed by atoms with Gasteiger partial charge in [-0.05, 0) is 50.2 Å². The van der Waals surface area contributed by atoms with E-state index in [1.807, 2.05) is 20.0 Å². The summed E-state index contributed by atoms with van der Waals surface area (Å²) in [6.07, 6.45) is 0.882. The van der Waals surface area contributed by atoms with E-state index in [1.165, 1.54) is 0 Å². The predicted molar refractivity (Wildman–Crippen MR) is 60.2 cm³/mol. The van der Waals surface area contributed by atoms with Crippen LogP contribution in [-0.2, 0) is 16.4 Å². The molecule has 1 aromatic rings. The first-order chi connectivity index (χ1) is 6.95.